The first-order valence-electron chi connectivity index (χ1n) is 4.66. The van der Waals surface area contributed by atoms with E-state index in [9.17, 15) is 0 Å². The summed E-state index contributed by atoms with van der Waals surface area (Å²) in [7, 11) is 0. The Hall–Kier alpha value is -1.49. The Morgan fingerprint density at radius 1 is 0.938 bits per heavy atom. The molecule has 2 aromatic carbocycles. The van der Waals surface area contributed by atoms with Crippen LogP contribution >= 0.6 is 23.2 Å². The topological polar surface area (TPSA) is 23.8 Å². The first-order valence-corrected chi connectivity index (χ1v) is 5.42. The highest BCUT2D eigenvalue weighted by molar-refractivity contribution is 6.32. The van der Waals surface area contributed by atoms with Crippen molar-refractivity contribution in [1.29, 1.82) is 5.26 Å². The van der Waals surface area contributed by atoms with Crippen molar-refractivity contribution in [3.63, 3.8) is 0 Å². The van der Waals surface area contributed by atoms with Gasteiger partial charge in [0, 0.05) is 5.02 Å². The molecule has 0 saturated heterocycles. The van der Waals surface area contributed by atoms with E-state index in [1.54, 1.807) is 12.1 Å². The number of halogens is 2. The third-order valence-corrected chi connectivity index (χ3v) is 2.80. The monoisotopic (exact) mass is 247 g/mol. The first kappa shape index (κ1) is 11.0. The maximum absolute atomic E-state index is 8.77. The molecule has 0 saturated carbocycles. The third kappa shape index (κ3) is 2.19. The van der Waals surface area contributed by atoms with Gasteiger partial charge in [-0.3, -0.25) is 0 Å². The number of benzene rings is 2. The molecule has 0 heterocycles. The van der Waals surface area contributed by atoms with Gasteiger partial charge in [-0.15, -0.1) is 0 Å². The van der Waals surface area contributed by atoms with Crippen molar-refractivity contribution in [2.75, 3.05) is 0 Å². The Bertz CT molecular complexity index is 570. The van der Waals surface area contributed by atoms with E-state index in [1.165, 1.54) is 0 Å². The van der Waals surface area contributed by atoms with E-state index in [1.807, 2.05) is 36.4 Å². The van der Waals surface area contributed by atoms with Gasteiger partial charge in [0.25, 0.3) is 0 Å². The van der Waals surface area contributed by atoms with Crippen LogP contribution in [-0.2, 0) is 0 Å². The molecule has 0 amide bonds. The summed E-state index contributed by atoms with van der Waals surface area (Å²) in [6, 6.07) is 14.9. The van der Waals surface area contributed by atoms with Crippen LogP contribution in [0, 0.1) is 11.3 Å². The van der Waals surface area contributed by atoms with Crippen LogP contribution in [0.4, 0.5) is 0 Å². The summed E-state index contributed by atoms with van der Waals surface area (Å²) in [5.74, 6) is 0. The molecule has 0 radical (unpaired) electrons. The Labute approximate surface area is 104 Å². The zero-order chi connectivity index (χ0) is 11.5. The van der Waals surface area contributed by atoms with E-state index >= 15 is 0 Å². The van der Waals surface area contributed by atoms with Crippen molar-refractivity contribution in [3.05, 3.63) is 58.1 Å². The molecule has 2 aromatic rings. The predicted molar refractivity (Wildman–Crippen MR) is 66.6 cm³/mol. The van der Waals surface area contributed by atoms with Gasteiger partial charge in [0.1, 0.15) is 6.07 Å². The lowest BCUT2D eigenvalue weighted by atomic mass is 10.0. The molecular formula is C13H7Cl2N. The van der Waals surface area contributed by atoms with Crippen molar-refractivity contribution in [2.45, 2.75) is 0 Å². The molecule has 0 atom stereocenters. The SMILES string of the molecule is N#Cc1ccc(-c2cccc(Cl)c2)cc1Cl. The van der Waals surface area contributed by atoms with E-state index in [2.05, 4.69) is 0 Å². The van der Waals surface area contributed by atoms with Gasteiger partial charge < -0.3 is 0 Å². The lowest BCUT2D eigenvalue weighted by Gasteiger charge is -2.03. The Balaban J connectivity index is 2.50. The molecule has 0 aliphatic heterocycles. The summed E-state index contributed by atoms with van der Waals surface area (Å²) in [6.45, 7) is 0. The van der Waals surface area contributed by atoms with Crippen molar-refractivity contribution in [2.24, 2.45) is 0 Å². The fraction of sp³-hybridized carbons (Fsp3) is 0. The van der Waals surface area contributed by atoms with Crippen molar-refractivity contribution in [1.82, 2.24) is 0 Å². The predicted octanol–water partition coefficient (Wildman–Crippen LogP) is 4.53. The molecule has 16 heavy (non-hydrogen) atoms. The van der Waals surface area contributed by atoms with Gasteiger partial charge in [-0.2, -0.15) is 5.26 Å². The molecule has 0 N–H and O–H groups in total. The molecule has 0 fully saturated rings. The smallest absolute Gasteiger partial charge is 0.101 e. The van der Waals surface area contributed by atoms with Crippen LogP contribution in [0.5, 0.6) is 0 Å². The quantitative estimate of drug-likeness (QED) is 0.727. The van der Waals surface area contributed by atoms with E-state index in [0.717, 1.165) is 11.1 Å². The second kappa shape index (κ2) is 4.57. The average molecular weight is 248 g/mol. The molecule has 3 heteroatoms. The van der Waals surface area contributed by atoms with Crippen LogP contribution in [-0.4, -0.2) is 0 Å². The molecule has 1 nitrogen and oxygen atoms in total. The van der Waals surface area contributed by atoms with Gasteiger partial charge in [-0.25, -0.2) is 0 Å². The minimum atomic E-state index is 0.458. The summed E-state index contributed by atoms with van der Waals surface area (Å²) >= 11 is 11.9. The van der Waals surface area contributed by atoms with Gasteiger partial charge in [0.05, 0.1) is 10.6 Å². The van der Waals surface area contributed by atoms with Crippen LogP contribution in [0.2, 0.25) is 10.0 Å². The van der Waals surface area contributed by atoms with Gasteiger partial charge in [-0.05, 0) is 35.4 Å². The summed E-state index contributed by atoms with van der Waals surface area (Å²) < 4.78 is 0. The minimum absolute atomic E-state index is 0.458. The van der Waals surface area contributed by atoms with Crippen molar-refractivity contribution >= 4 is 23.2 Å². The number of hydrogen-bond acceptors (Lipinski definition) is 1. The van der Waals surface area contributed by atoms with Crippen LogP contribution in [0.15, 0.2) is 42.5 Å². The molecule has 0 aliphatic carbocycles. The van der Waals surface area contributed by atoms with E-state index < -0.39 is 0 Å². The number of rotatable bonds is 1. The lowest BCUT2D eigenvalue weighted by molar-refractivity contribution is 1.48. The highest BCUT2D eigenvalue weighted by Crippen LogP contribution is 2.26. The second-order valence-corrected chi connectivity index (χ2v) is 4.16. The molecule has 0 bridgehead atoms. The van der Waals surface area contributed by atoms with Crippen molar-refractivity contribution < 1.29 is 0 Å². The Morgan fingerprint density at radius 3 is 2.31 bits per heavy atom. The van der Waals surface area contributed by atoms with Gasteiger partial charge in [0.15, 0.2) is 0 Å². The Morgan fingerprint density at radius 2 is 1.69 bits per heavy atom. The molecule has 0 spiro atoms. The molecular weight excluding hydrogens is 241 g/mol. The number of nitrogens with zero attached hydrogens (tertiary/aromatic N) is 1. The molecule has 0 unspecified atom stereocenters. The number of nitriles is 1. The molecule has 0 aliphatic rings. The summed E-state index contributed by atoms with van der Waals surface area (Å²) in [5, 5.41) is 9.91. The highest BCUT2D eigenvalue weighted by Gasteiger charge is 2.03. The fourth-order valence-electron chi connectivity index (χ4n) is 1.45. The second-order valence-electron chi connectivity index (χ2n) is 3.32. The normalized spacial score (nSPS) is 9.81. The van der Waals surface area contributed by atoms with Crippen LogP contribution in [0.1, 0.15) is 5.56 Å². The Kier molecular flexibility index (Phi) is 3.14. The fourth-order valence-corrected chi connectivity index (χ4v) is 1.87. The van der Waals surface area contributed by atoms with Crippen LogP contribution in [0.3, 0.4) is 0 Å². The van der Waals surface area contributed by atoms with Crippen LogP contribution in [0.25, 0.3) is 11.1 Å². The van der Waals surface area contributed by atoms with Crippen LogP contribution < -0.4 is 0 Å². The zero-order valence-electron chi connectivity index (χ0n) is 8.24. The molecule has 2 rings (SSSR count). The third-order valence-electron chi connectivity index (χ3n) is 2.25. The van der Waals surface area contributed by atoms with Gasteiger partial charge in [0.2, 0.25) is 0 Å². The molecule has 0 aromatic heterocycles. The highest BCUT2D eigenvalue weighted by atomic mass is 35.5. The summed E-state index contributed by atoms with van der Waals surface area (Å²) in [4.78, 5) is 0. The maximum Gasteiger partial charge on any atom is 0.101 e. The standard InChI is InChI=1S/C13H7Cl2N/c14-12-3-1-2-9(6-12)10-4-5-11(8-16)13(15)7-10/h1-7H. The molecule has 78 valence electrons. The maximum atomic E-state index is 8.77. The van der Waals surface area contributed by atoms with E-state index in [-0.39, 0.29) is 0 Å². The van der Waals surface area contributed by atoms with Crippen molar-refractivity contribution in [3.8, 4) is 17.2 Å². The average Bonchev–Trinajstić information content (AvgIpc) is 2.29. The lowest BCUT2D eigenvalue weighted by Crippen LogP contribution is -1.81. The van der Waals surface area contributed by atoms with E-state index in [4.69, 9.17) is 28.5 Å². The zero-order valence-corrected chi connectivity index (χ0v) is 9.76. The summed E-state index contributed by atoms with van der Waals surface area (Å²) in [6.07, 6.45) is 0. The number of hydrogen-bond donors (Lipinski definition) is 0. The summed E-state index contributed by atoms with van der Waals surface area (Å²) in [5.41, 5.74) is 2.41. The van der Waals surface area contributed by atoms with Gasteiger partial charge in [-0.1, -0.05) is 41.4 Å². The first-order chi connectivity index (χ1) is 7.70. The largest absolute Gasteiger partial charge is 0.192 e. The minimum Gasteiger partial charge on any atom is -0.192 e. The van der Waals surface area contributed by atoms with Gasteiger partial charge >= 0.3 is 0 Å². The van der Waals surface area contributed by atoms with E-state index in [0.29, 0.717) is 15.6 Å².